The average Bonchev–Trinajstić information content (AvgIpc) is 3.77. The van der Waals surface area contributed by atoms with Crippen molar-refractivity contribution in [1.29, 1.82) is 0 Å². The molecule has 0 aliphatic heterocycles. The van der Waals surface area contributed by atoms with Crippen molar-refractivity contribution in [3.05, 3.63) is 164 Å². The van der Waals surface area contributed by atoms with E-state index in [0.29, 0.717) is 17.5 Å². The van der Waals surface area contributed by atoms with Gasteiger partial charge in [-0.2, -0.15) is 0 Å². The first-order chi connectivity index (χ1) is 24.8. The number of hydrogen-bond donors (Lipinski definition) is 0. The summed E-state index contributed by atoms with van der Waals surface area (Å²) in [5, 5.41) is 4.51. The second-order valence-electron chi connectivity index (χ2n) is 12.4. The van der Waals surface area contributed by atoms with Crippen LogP contribution in [0.15, 0.2) is 168 Å². The molecule has 234 valence electrons. The van der Waals surface area contributed by atoms with Crippen molar-refractivity contribution < 1.29 is 4.42 Å². The lowest BCUT2D eigenvalue weighted by atomic mass is 9.95. The minimum Gasteiger partial charge on any atom is -0.455 e. The van der Waals surface area contributed by atoms with E-state index in [2.05, 4.69) is 115 Å². The van der Waals surface area contributed by atoms with Crippen LogP contribution in [0.25, 0.3) is 98.5 Å². The van der Waals surface area contributed by atoms with Gasteiger partial charge < -0.3 is 4.42 Å². The Hall–Kier alpha value is -6.43. The van der Waals surface area contributed by atoms with Crippen LogP contribution in [0.3, 0.4) is 0 Å². The fourth-order valence-corrected chi connectivity index (χ4v) is 8.17. The number of furan rings is 1. The smallest absolute Gasteiger partial charge is 0.164 e. The summed E-state index contributed by atoms with van der Waals surface area (Å²) in [5.41, 5.74) is 8.84. The predicted octanol–water partition coefficient (Wildman–Crippen LogP) is 12.5. The molecule has 0 fully saturated rings. The van der Waals surface area contributed by atoms with Crippen LogP contribution >= 0.6 is 11.3 Å². The Bertz CT molecular complexity index is 2870. The second-order valence-corrected chi connectivity index (χ2v) is 13.4. The Kier molecular flexibility index (Phi) is 6.64. The van der Waals surface area contributed by atoms with Gasteiger partial charge in [0.2, 0.25) is 0 Å². The highest BCUT2D eigenvalue weighted by Crippen LogP contribution is 2.46. The molecule has 10 rings (SSSR count). The molecule has 0 N–H and O–H groups in total. The number of para-hydroxylation sites is 1. The molecule has 0 bridgehead atoms. The van der Waals surface area contributed by atoms with Crippen LogP contribution in [0.5, 0.6) is 0 Å². The summed E-state index contributed by atoms with van der Waals surface area (Å²) in [4.78, 5) is 15.4. The van der Waals surface area contributed by atoms with Crippen molar-refractivity contribution in [3.63, 3.8) is 0 Å². The molecular weight excluding hydrogens is 631 g/mol. The highest BCUT2D eigenvalue weighted by Gasteiger charge is 2.22. The molecule has 3 heterocycles. The lowest BCUT2D eigenvalue weighted by Gasteiger charge is -2.12. The Morgan fingerprint density at radius 1 is 0.380 bits per heavy atom. The minimum absolute atomic E-state index is 0.598. The number of fused-ring (bicyclic) bond motifs is 6. The molecule has 0 aliphatic carbocycles. The van der Waals surface area contributed by atoms with Gasteiger partial charge in [-0.1, -0.05) is 127 Å². The van der Waals surface area contributed by atoms with Crippen molar-refractivity contribution in [3.8, 4) is 56.4 Å². The molecule has 3 aromatic heterocycles. The van der Waals surface area contributed by atoms with Crippen LogP contribution in [0, 0.1) is 0 Å². The SMILES string of the molecule is c1ccc(-c2cccc(-c3nc(-c4ccccc4)nc(-c4ccc(-c5cccc6sc7ccccc7c56)c5oc6ccccc6c45)n3)c2)cc1. The maximum atomic E-state index is 6.76. The van der Waals surface area contributed by atoms with Gasteiger partial charge in [-0.25, -0.2) is 15.0 Å². The molecule has 0 amide bonds. The minimum atomic E-state index is 0.598. The van der Waals surface area contributed by atoms with E-state index >= 15 is 0 Å². The Balaban J connectivity index is 1.23. The molecule has 0 saturated carbocycles. The zero-order valence-electron chi connectivity index (χ0n) is 26.7. The summed E-state index contributed by atoms with van der Waals surface area (Å²) in [6.45, 7) is 0. The highest BCUT2D eigenvalue weighted by molar-refractivity contribution is 7.25. The molecule has 0 unspecified atom stereocenters. The average molecular weight is 658 g/mol. The first-order valence-corrected chi connectivity index (χ1v) is 17.4. The third-order valence-corrected chi connectivity index (χ3v) is 10.5. The van der Waals surface area contributed by atoms with Gasteiger partial charge in [-0.15, -0.1) is 11.3 Å². The number of rotatable bonds is 5. The van der Waals surface area contributed by atoms with Gasteiger partial charge >= 0.3 is 0 Å². The van der Waals surface area contributed by atoms with E-state index in [1.54, 1.807) is 0 Å². The summed E-state index contributed by atoms with van der Waals surface area (Å²) in [6.07, 6.45) is 0. The van der Waals surface area contributed by atoms with E-state index in [9.17, 15) is 0 Å². The van der Waals surface area contributed by atoms with Crippen LogP contribution in [0.2, 0.25) is 0 Å². The Morgan fingerprint density at radius 3 is 1.82 bits per heavy atom. The summed E-state index contributed by atoms with van der Waals surface area (Å²) >= 11 is 1.82. The zero-order chi connectivity index (χ0) is 33.0. The summed E-state index contributed by atoms with van der Waals surface area (Å²) in [6, 6.07) is 56.7. The third kappa shape index (κ3) is 4.71. The molecule has 10 aromatic rings. The largest absolute Gasteiger partial charge is 0.455 e. The predicted molar refractivity (Wildman–Crippen MR) is 207 cm³/mol. The number of hydrogen-bond acceptors (Lipinski definition) is 5. The second kappa shape index (κ2) is 11.6. The summed E-state index contributed by atoms with van der Waals surface area (Å²) in [7, 11) is 0. The Morgan fingerprint density at radius 2 is 0.980 bits per heavy atom. The van der Waals surface area contributed by atoms with E-state index in [1.807, 2.05) is 59.9 Å². The standard InChI is InChI=1S/C45H27N3OS/c1-3-13-28(14-4-1)30-17-11-18-31(27-30)44-46-43(29-15-5-2-6-16-29)47-45(48-44)36-26-25-33(42-41(36)34-19-7-9-22-37(34)49-42)32-21-12-24-39-40(32)35-20-8-10-23-38(35)50-39/h1-27H. The third-order valence-electron chi connectivity index (χ3n) is 9.36. The summed E-state index contributed by atoms with van der Waals surface area (Å²) < 4.78 is 9.29. The van der Waals surface area contributed by atoms with E-state index < -0.39 is 0 Å². The van der Waals surface area contributed by atoms with Gasteiger partial charge in [-0.05, 0) is 53.1 Å². The first kappa shape index (κ1) is 28.6. The van der Waals surface area contributed by atoms with Gasteiger partial charge in [-0.3, -0.25) is 0 Å². The van der Waals surface area contributed by atoms with Crippen molar-refractivity contribution >= 4 is 53.4 Å². The number of aromatic nitrogens is 3. The molecule has 4 nitrogen and oxygen atoms in total. The van der Waals surface area contributed by atoms with Crippen LogP contribution in [-0.2, 0) is 0 Å². The van der Waals surface area contributed by atoms with Crippen molar-refractivity contribution in [2.24, 2.45) is 0 Å². The highest BCUT2D eigenvalue weighted by atomic mass is 32.1. The molecule has 0 radical (unpaired) electrons. The van der Waals surface area contributed by atoms with Gasteiger partial charge in [0, 0.05) is 53.2 Å². The molecule has 0 aliphatic rings. The van der Waals surface area contributed by atoms with E-state index in [-0.39, 0.29) is 0 Å². The van der Waals surface area contributed by atoms with Crippen LogP contribution in [0.4, 0.5) is 0 Å². The summed E-state index contributed by atoms with van der Waals surface area (Å²) in [5.74, 6) is 1.84. The topological polar surface area (TPSA) is 51.8 Å². The van der Waals surface area contributed by atoms with Gasteiger partial charge in [0.15, 0.2) is 17.5 Å². The molecule has 50 heavy (non-hydrogen) atoms. The lowest BCUT2D eigenvalue weighted by Crippen LogP contribution is -2.00. The van der Waals surface area contributed by atoms with Crippen molar-refractivity contribution in [2.75, 3.05) is 0 Å². The van der Waals surface area contributed by atoms with Crippen LogP contribution in [0.1, 0.15) is 0 Å². The van der Waals surface area contributed by atoms with Crippen molar-refractivity contribution in [1.82, 2.24) is 15.0 Å². The number of benzene rings is 7. The maximum absolute atomic E-state index is 6.76. The van der Waals surface area contributed by atoms with Crippen LogP contribution < -0.4 is 0 Å². The van der Waals surface area contributed by atoms with Gasteiger partial charge in [0.05, 0.1) is 0 Å². The van der Waals surface area contributed by atoms with E-state index in [0.717, 1.165) is 60.9 Å². The molecular formula is C45H27N3OS. The number of thiophene rings is 1. The van der Waals surface area contributed by atoms with Crippen LogP contribution in [-0.4, -0.2) is 15.0 Å². The maximum Gasteiger partial charge on any atom is 0.164 e. The molecule has 7 aromatic carbocycles. The zero-order valence-corrected chi connectivity index (χ0v) is 27.6. The fraction of sp³-hybridized carbons (Fsp3) is 0. The van der Waals surface area contributed by atoms with Crippen molar-refractivity contribution in [2.45, 2.75) is 0 Å². The van der Waals surface area contributed by atoms with E-state index in [4.69, 9.17) is 19.4 Å². The first-order valence-electron chi connectivity index (χ1n) is 16.6. The molecule has 0 spiro atoms. The molecule has 5 heteroatoms. The van der Waals surface area contributed by atoms with Gasteiger partial charge in [0.25, 0.3) is 0 Å². The van der Waals surface area contributed by atoms with Gasteiger partial charge in [0.1, 0.15) is 11.2 Å². The van der Waals surface area contributed by atoms with E-state index in [1.165, 1.54) is 20.2 Å². The molecule has 0 saturated heterocycles. The number of nitrogens with zero attached hydrogens (tertiary/aromatic N) is 3. The fourth-order valence-electron chi connectivity index (χ4n) is 7.04. The normalized spacial score (nSPS) is 11.6. The lowest BCUT2D eigenvalue weighted by molar-refractivity contribution is 0.670. The monoisotopic (exact) mass is 657 g/mol. The quantitative estimate of drug-likeness (QED) is 0.185. The Labute approximate surface area is 292 Å². The molecule has 0 atom stereocenters.